The number of rotatable bonds is 6. The van der Waals surface area contributed by atoms with Gasteiger partial charge in [0.2, 0.25) is 5.56 Å². The Hall–Kier alpha value is -2.14. The summed E-state index contributed by atoms with van der Waals surface area (Å²) >= 11 is 0. The average Bonchev–Trinajstić information content (AvgIpc) is 2.52. The molecule has 0 fully saturated rings. The topological polar surface area (TPSA) is 82.2 Å². The van der Waals surface area contributed by atoms with E-state index in [0.717, 1.165) is 6.42 Å². The van der Waals surface area contributed by atoms with Crippen LogP contribution >= 0.6 is 0 Å². The number of aromatic amines is 1. The molecule has 0 spiro atoms. The molecule has 118 valence electrons. The highest BCUT2D eigenvalue weighted by Crippen LogP contribution is 2.26. The maximum absolute atomic E-state index is 12.8. The lowest BCUT2D eigenvalue weighted by molar-refractivity contribution is 0.0935. The summed E-state index contributed by atoms with van der Waals surface area (Å²) in [7, 11) is 0. The first-order valence-corrected chi connectivity index (χ1v) is 7.63. The molecule has 1 aromatic carbocycles. The third-order valence-corrected chi connectivity index (χ3v) is 3.96. The van der Waals surface area contributed by atoms with Gasteiger partial charge in [-0.25, -0.2) is 0 Å². The van der Waals surface area contributed by atoms with Gasteiger partial charge >= 0.3 is 0 Å². The van der Waals surface area contributed by atoms with Gasteiger partial charge < -0.3 is 15.4 Å². The standard InChI is InChI=1S/C17H22N2O3/c1-4-10(3)18-13(5-2)17(22)12-6-8-14(20)16-11(12)7-9-15(21)19-16/h6-10,13,18,20H,4-5H2,1-3H3,(H,19,21). The maximum atomic E-state index is 12.8. The van der Waals surface area contributed by atoms with Gasteiger partial charge in [0, 0.05) is 23.1 Å². The van der Waals surface area contributed by atoms with Crippen molar-refractivity contribution in [1.82, 2.24) is 10.3 Å². The van der Waals surface area contributed by atoms with Crippen molar-refractivity contribution < 1.29 is 9.90 Å². The second-order valence-corrected chi connectivity index (χ2v) is 5.54. The third-order valence-electron chi connectivity index (χ3n) is 3.96. The van der Waals surface area contributed by atoms with Gasteiger partial charge in [-0.3, -0.25) is 9.59 Å². The lowest BCUT2D eigenvalue weighted by Gasteiger charge is -2.21. The Kier molecular flexibility index (Phi) is 4.98. The van der Waals surface area contributed by atoms with Crippen molar-refractivity contribution in [2.45, 2.75) is 45.7 Å². The molecule has 5 nitrogen and oxygen atoms in total. The highest BCUT2D eigenvalue weighted by molar-refractivity contribution is 6.10. The first-order chi connectivity index (χ1) is 10.5. The minimum atomic E-state index is -0.308. The highest BCUT2D eigenvalue weighted by Gasteiger charge is 2.22. The molecule has 0 aliphatic carbocycles. The zero-order valence-corrected chi connectivity index (χ0v) is 13.1. The van der Waals surface area contributed by atoms with Crippen molar-refractivity contribution in [3.63, 3.8) is 0 Å². The summed E-state index contributed by atoms with van der Waals surface area (Å²) in [6.07, 6.45) is 1.61. The van der Waals surface area contributed by atoms with Crippen LogP contribution in [0.3, 0.4) is 0 Å². The van der Waals surface area contributed by atoms with Crippen LogP contribution in [0.2, 0.25) is 0 Å². The first kappa shape index (κ1) is 16.2. The molecule has 22 heavy (non-hydrogen) atoms. The number of aromatic hydroxyl groups is 1. The molecule has 0 amide bonds. The largest absolute Gasteiger partial charge is 0.506 e. The van der Waals surface area contributed by atoms with Crippen LogP contribution in [0.1, 0.15) is 44.0 Å². The summed E-state index contributed by atoms with van der Waals surface area (Å²) in [6.45, 7) is 6.07. The van der Waals surface area contributed by atoms with E-state index in [0.29, 0.717) is 22.9 Å². The number of phenolic OH excluding ortho intramolecular Hbond substituents is 1. The fraction of sp³-hybridized carbons (Fsp3) is 0.412. The number of pyridine rings is 1. The number of phenols is 1. The van der Waals surface area contributed by atoms with Crippen LogP contribution in [0.25, 0.3) is 10.9 Å². The van der Waals surface area contributed by atoms with Crippen molar-refractivity contribution in [2.75, 3.05) is 0 Å². The van der Waals surface area contributed by atoms with Crippen molar-refractivity contribution in [2.24, 2.45) is 0 Å². The minimum absolute atomic E-state index is 0.0279. The lowest BCUT2D eigenvalue weighted by atomic mass is 9.97. The Morgan fingerprint density at radius 1 is 1.23 bits per heavy atom. The normalized spacial score (nSPS) is 14.0. The van der Waals surface area contributed by atoms with Crippen LogP contribution in [0.5, 0.6) is 5.75 Å². The van der Waals surface area contributed by atoms with Crippen LogP contribution in [0.4, 0.5) is 0 Å². The van der Waals surface area contributed by atoms with Gasteiger partial charge in [0.05, 0.1) is 11.6 Å². The molecule has 0 saturated carbocycles. The van der Waals surface area contributed by atoms with Gasteiger partial charge in [0.1, 0.15) is 5.75 Å². The molecule has 0 saturated heterocycles. The smallest absolute Gasteiger partial charge is 0.248 e. The molecule has 2 aromatic rings. The quantitative estimate of drug-likeness (QED) is 0.716. The van der Waals surface area contributed by atoms with Crippen molar-refractivity contribution >= 4 is 16.7 Å². The van der Waals surface area contributed by atoms with Crippen LogP contribution in [0, 0.1) is 0 Å². The number of carbonyl (C=O) groups is 1. The Bertz CT molecular complexity index is 736. The Morgan fingerprint density at radius 2 is 1.95 bits per heavy atom. The molecule has 5 heteroatoms. The molecule has 0 radical (unpaired) electrons. The predicted octanol–water partition coefficient (Wildman–Crippen LogP) is 2.58. The van der Waals surface area contributed by atoms with E-state index in [-0.39, 0.29) is 29.2 Å². The van der Waals surface area contributed by atoms with Gasteiger partial charge in [-0.15, -0.1) is 0 Å². The Balaban J connectivity index is 2.47. The highest BCUT2D eigenvalue weighted by atomic mass is 16.3. The molecule has 3 N–H and O–H groups in total. The van der Waals surface area contributed by atoms with E-state index in [1.807, 2.05) is 13.8 Å². The molecule has 2 unspecified atom stereocenters. The zero-order chi connectivity index (χ0) is 16.3. The van der Waals surface area contributed by atoms with Crippen LogP contribution < -0.4 is 10.9 Å². The minimum Gasteiger partial charge on any atom is -0.506 e. The van der Waals surface area contributed by atoms with E-state index < -0.39 is 0 Å². The second kappa shape index (κ2) is 6.75. The summed E-state index contributed by atoms with van der Waals surface area (Å²) in [4.78, 5) is 26.8. The monoisotopic (exact) mass is 302 g/mol. The summed E-state index contributed by atoms with van der Waals surface area (Å²) in [5.41, 5.74) is 0.501. The van der Waals surface area contributed by atoms with Crippen LogP contribution in [0.15, 0.2) is 29.1 Å². The van der Waals surface area contributed by atoms with E-state index in [9.17, 15) is 14.7 Å². The Labute approximate surface area is 129 Å². The molecular weight excluding hydrogens is 280 g/mol. The van der Waals surface area contributed by atoms with Crippen molar-refractivity contribution in [3.8, 4) is 5.75 Å². The fourth-order valence-electron chi connectivity index (χ4n) is 2.48. The Morgan fingerprint density at radius 3 is 2.59 bits per heavy atom. The number of ketones is 1. The van der Waals surface area contributed by atoms with Gasteiger partial charge in [0.25, 0.3) is 0 Å². The van der Waals surface area contributed by atoms with Crippen molar-refractivity contribution in [3.05, 3.63) is 40.2 Å². The fourth-order valence-corrected chi connectivity index (χ4v) is 2.48. The number of hydrogen-bond donors (Lipinski definition) is 3. The van der Waals surface area contributed by atoms with E-state index in [2.05, 4.69) is 17.2 Å². The molecule has 0 aliphatic rings. The van der Waals surface area contributed by atoms with Gasteiger partial charge in [0.15, 0.2) is 5.78 Å². The van der Waals surface area contributed by atoms with Crippen LogP contribution in [-0.4, -0.2) is 28.0 Å². The number of nitrogens with one attached hydrogen (secondary N) is 2. The van der Waals surface area contributed by atoms with Gasteiger partial charge in [-0.1, -0.05) is 13.8 Å². The molecule has 1 heterocycles. The average molecular weight is 302 g/mol. The number of Topliss-reactive ketones (excluding diaryl/α,β-unsaturated/α-hetero) is 1. The third kappa shape index (κ3) is 3.20. The number of H-pyrrole nitrogens is 1. The SMILES string of the molecule is CCC(C)NC(CC)C(=O)c1ccc(O)c2[nH]c(=O)ccc12. The summed E-state index contributed by atoms with van der Waals surface area (Å²) in [6, 6.07) is 5.96. The molecule has 2 atom stereocenters. The van der Waals surface area contributed by atoms with E-state index in [1.165, 1.54) is 12.1 Å². The molecule has 0 aliphatic heterocycles. The number of carbonyl (C=O) groups excluding carboxylic acids is 1. The number of benzene rings is 1. The number of hydrogen-bond acceptors (Lipinski definition) is 4. The van der Waals surface area contributed by atoms with E-state index >= 15 is 0 Å². The summed E-state index contributed by atoms with van der Waals surface area (Å²) < 4.78 is 0. The van der Waals surface area contributed by atoms with Crippen LogP contribution in [-0.2, 0) is 0 Å². The summed E-state index contributed by atoms with van der Waals surface area (Å²) in [5, 5.41) is 13.8. The summed E-state index contributed by atoms with van der Waals surface area (Å²) in [5.74, 6) is -0.0629. The van der Waals surface area contributed by atoms with Crippen molar-refractivity contribution in [1.29, 1.82) is 0 Å². The van der Waals surface area contributed by atoms with Gasteiger partial charge in [-0.2, -0.15) is 0 Å². The van der Waals surface area contributed by atoms with E-state index in [4.69, 9.17) is 0 Å². The predicted molar refractivity (Wildman–Crippen MR) is 87.5 cm³/mol. The second-order valence-electron chi connectivity index (χ2n) is 5.54. The number of aromatic nitrogens is 1. The van der Waals surface area contributed by atoms with Gasteiger partial charge in [-0.05, 0) is 38.0 Å². The molecule has 2 rings (SSSR count). The zero-order valence-electron chi connectivity index (χ0n) is 13.1. The molecular formula is C17H22N2O3. The molecule has 1 aromatic heterocycles. The van der Waals surface area contributed by atoms with E-state index in [1.54, 1.807) is 12.1 Å². The lowest BCUT2D eigenvalue weighted by Crippen LogP contribution is -2.41. The number of fused-ring (bicyclic) bond motifs is 1. The first-order valence-electron chi connectivity index (χ1n) is 7.63. The molecule has 0 bridgehead atoms. The maximum Gasteiger partial charge on any atom is 0.248 e.